The van der Waals surface area contributed by atoms with Crippen molar-refractivity contribution in [2.75, 3.05) is 13.2 Å². The van der Waals surface area contributed by atoms with Crippen LogP contribution in [0, 0.1) is 13.8 Å². The summed E-state index contributed by atoms with van der Waals surface area (Å²) in [6, 6.07) is 7.28. The molecule has 9 N–H and O–H groups in total. The second-order valence-electron chi connectivity index (χ2n) is 9.75. The lowest BCUT2D eigenvalue weighted by molar-refractivity contribution is -0.277. The van der Waals surface area contributed by atoms with Gasteiger partial charge in [-0.1, -0.05) is 0 Å². The topological polar surface area (TPSA) is 228 Å². The maximum atomic E-state index is 10.6. The molecule has 0 aromatic heterocycles. The normalized spacial score (nSPS) is 34.4. The Kier molecular flexibility index (Phi) is 9.36. The van der Waals surface area contributed by atoms with Crippen LogP contribution in [0.5, 0.6) is 28.7 Å². The van der Waals surface area contributed by atoms with Crippen LogP contribution < -0.4 is 14.2 Å². The molecule has 0 saturated carbocycles. The zero-order valence-electron chi connectivity index (χ0n) is 21.6. The van der Waals surface area contributed by atoms with Crippen molar-refractivity contribution in [2.45, 2.75) is 75.3 Å². The fourth-order valence-corrected chi connectivity index (χ4v) is 4.39. The highest BCUT2D eigenvalue weighted by Gasteiger charge is 2.46. The van der Waals surface area contributed by atoms with Gasteiger partial charge < -0.3 is 69.6 Å². The molecule has 222 valence electrons. The minimum Gasteiger partial charge on any atom is -0.504 e. The second-order valence-corrected chi connectivity index (χ2v) is 9.75. The van der Waals surface area contributed by atoms with Gasteiger partial charge >= 0.3 is 0 Å². The van der Waals surface area contributed by atoms with Crippen LogP contribution >= 0.6 is 0 Å². The summed E-state index contributed by atoms with van der Waals surface area (Å²) < 4.78 is 27.9. The quantitative estimate of drug-likeness (QED) is 0.170. The van der Waals surface area contributed by atoms with Gasteiger partial charge in [-0.3, -0.25) is 0 Å². The van der Waals surface area contributed by atoms with Crippen molar-refractivity contribution in [3.05, 3.63) is 41.5 Å². The Hall–Kier alpha value is -2.76. The van der Waals surface area contributed by atoms with E-state index < -0.39 is 74.6 Å². The lowest BCUT2D eigenvalue weighted by atomic mass is 9.99. The van der Waals surface area contributed by atoms with E-state index in [1.165, 1.54) is 30.3 Å². The Balaban J connectivity index is 1.49. The molecule has 0 unspecified atom stereocenters. The van der Waals surface area contributed by atoms with E-state index in [9.17, 15) is 46.0 Å². The fraction of sp³-hybridized carbons (Fsp3) is 0.538. The minimum absolute atomic E-state index is 0.0229. The van der Waals surface area contributed by atoms with E-state index in [2.05, 4.69) is 0 Å². The zero-order chi connectivity index (χ0) is 29.3. The van der Waals surface area contributed by atoms with Gasteiger partial charge in [0.1, 0.15) is 66.1 Å². The Morgan fingerprint density at radius 1 is 0.625 bits per heavy atom. The number of aromatic hydroxyl groups is 1. The number of rotatable bonds is 8. The Labute approximate surface area is 228 Å². The lowest BCUT2D eigenvalue weighted by Crippen LogP contribution is -2.60. The van der Waals surface area contributed by atoms with E-state index in [-0.39, 0.29) is 23.0 Å². The maximum Gasteiger partial charge on any atom is 0.229 e. The number of aliphatic hydroxyl groups is 8. The van der Waals surface area contributed by atoms with Gasteiger partial charge in [0.2, 0.25) is 12.6 Å². The third-order valence-electron chi connectivity index (χ3n) is 6.81. The summed E-state index contributed by atoms with van der Waals surface area (Å²) in [5.41, 5.74) is 0.872. The average molecular weight is 571 g/mol. The number of hydrogen-bond donors (Lipinski definition) is 9. The van der Waals surface area contributed by atoms with Crippen molar-refractivity contribution in [3.63, 3.8) is 0 Å². The first-order valence-electron chi connectivity index (χ1n) is 12.5. The van der Waals surface area contributed by atoms with Gasteiger partial charge in [0.05, 0.1) is 13.2 Å². The van der Waals surface area contributed by atoms with Crippen LogP contribution in [0.25, 0.3) is 0 Å². The van der Waals surface area contributed by atoms with Crippen molar-refractivity contribution in [1.29, 1.82) is 0 Å². The molecule has 2 aromatic rings. The van der Waals surface area contributed by atoms with Crippen molar-refractivity contribution in [2.24, 2.45) is 0 Å². The molecule has 10 atom stereocenters. The molecular formula is C26H34O14. The van der Waals surface area contributed by atoms with Crippen molar-refractivity contribution in [1.82, 2.24) is 0 Å². The third-order valence-corrected chi connectivity index (χ3v) is 6.81. The van der Waals surface area contributed by atoms with E-state index in [0.29, 0.717) is 16.9 Å². The fourth-order valence-electron chi connectivity index (χ4n) is 4.39. The SMILES string of the molecule is Cc1cc(O[C@@H]2O[C@H](CO)[C@@H](O)[C@H](O)[C@H]2O)ccc1Oc1cc(O[C@@H]2O[C@H](CO)[C@@H](O)[C@H](O)[C@H]2O)cc(C)c1O. The number of aryl methyl sites for hydroxylation is 2. The van der Waals surface area contributed by atoms with Crippen LogP contribution in [0.2, 0.25) is 0 Å². The highest BCUT2D eigenvalue weighted by molar-refractivity contribution is 5.53. The van der Waals surface area contributed by atoms with E-state index >= 15 is 0 Å². The van der Waals surface area contributed by atoms with Gasteiger partial charge in [0.25, 0.3) is 0 Å². The number of benzene rings is 2. The van der Waals surface area contributed by atoms with E-state index in [1.54, 1.807) is 13.8 Å². The summed E-state index contributed by atoms with van der Waals surface area (Å²) in [4.78, 5) is 0. The summed E-state index contributed by atoms with van der Waals surface area (Å²) in [6.45, 7) is 2.03. The monoisotopic (exact) mass is 570 g/mol. The summed E-state index contributed by atoms with van der Waals surface area (Å²) in [7, 11) is 0. The number of hydrogen-bond acceptors (Lipinski definition) is 14. The molecule has 0 amide bonds. The highest BCUT2D eigenvalue weighted by Crippen LogP contribution is 2.40. The molecular weight excluding hydrogens is 536 g/mol. The molecule has 0 bridgehead atoms. The predicted octanol–water partition coefficient (Wildman–Crippen LogP) is -1.84. The Morgan fingerprint density at radius 3 is 1.62 bits per heavy atom. The van der Waals surface area contributed by atoms with Gasteiger partial charge in [-0.05, 0) is 49.2 Å². The number of aliphatic hydroxyl groups excluding tert-OH is 8. The first-order valence-corrected chi connectivity index (χ1v) is 12.5. The van der Waals surface area contributed by atoms with Gasteiger partial charge in [0.15, 0.2) is 11.5 Å². The molecule has 2 saturated heterocycles. The Morgan fingerprint density at radius 2 is 1.12 bits per heavy atom. The number of phenolic OH excluding ortho intramolecular Hbond substituents is 1. The van der Waals surface area contributed by atoms with Crippen LogP contribution in [0.1, 0.15) is 11.1 Å². The predicted molar refractivity (Wildman–Crippen MR) is 133 cm³/mol. The average Bonchev–Trinajstić information content (AvgIpc) is 2.93. The summed E-state index contributed by atoms with van der Waals surface area (Å²) in [5.74, 6) is 0.373. The molecule has 40 heavy (non-hydrogen) atoms. The lowest BCUT2D eigenvalue weighted by Gasteiger charge is -2.39. The van der Waals surface area contributed by atoms with E-state index in [4.69, 9.17) is 23.7 Å². The number of ether oxygens (including phenoxy) is 5. The largest absolute Gasteiger partial charge is 0.504 e. The zero-order valence-corrected chi connectivity index (χ0v) is 21.6. The first-order chi connectivity index (χ1) is 18.9. The van der Waals surface area contributed by atoms with Crippen LogP contribution in [-0.2, 0) is 9.47 Å². The molecule has 0 spiro atoms. The van der Waals surface area contributed by atoms with Gasteiger partial charge in [0, 0.05) is 6.07 Å². The maximum absolute atomic E-state index is 10.6. The van der Waals surface area contributed by atoms with E-state index in [1.807, 2.05) is 0 Å². The highest BCUT2D eigenvalue weighted by atomic mass is 16.7. The van der Waals surface area contributed by atoms with Crippen LogP contribution in [0.15, 0.2) is 30.3 Å². The molecule has 0 radical (unpaired) electrons. The second kappa shape index (κ2) is 12.4. The molecule has 4 rings (SSSR count). The molecule has 2 heterocycles. The molecule has 14 heteroatoms. The smallest absolute Gasteiger partial charge is 0.229 e. The van der Waals surface area contributed by atoms with Crippen molar-refractivity contribution < 1.29 is 69.6 Å². The number of phenols is 1. The minimum atomic E-state index is -1.63. The van der Waals surface area contributed by atoms with Crippen LogP contribution in [0.4, 0.5) is 0 Å². The molecule has 2 aliphatic rings. The van der Waals surface area contributed by atoms with Gasteiger partial charge in [-0.15, -0.1) is 0 Å². The molecule has 2 fully saturated rings. The molecule has 14 nitrogen and oxygen atoms in total. The summed E-state index contributed by atoms with van der Waals surface area (Å²) in [6.07, 6.45) is -14.6. The summed E-state index contributed by atoms with van der Waals surface area (Å²) in [5, 5.41) is 89.7. The van der Waals surface area contributed by atoms with Crippen molar-refractivity contribution in [3.8, 4) is 28.7 Å². The third kappa shape index (κ3) is 6.11. The van der Waals surface area contributed by atoms with Crippen LogP contribution in [-0.4, -0.2) is 121 Å². The summed E-state index contributed by atoms with van der Waals surface area (Å²) >= 11 is 0. The molecule has 2 aliphatic heterocycles. The van der Waals surface area contributed by atoms with Gasteiger partial charge in [-0.2, -0.15) is 0 Å². The molecule has 0 aliphatic carbocycles. The standard InChI is InChI=1S/C26H34O14/c1-10-5-12(36-25-23(34)21(32)19(30)16(8-27)39-25)3-4-14(10)38-15-7-13(6-11(2)18(15)29)37-26-24(35)22(33)20(31)17(9-28)40-26/h3-7,16-17,19-35H,8-9H2,1-2H3/t16-,17-,19-,20-,21+,22+,23-,24-,25-,26-/m1/s1. The van der Waals surface area contributed by atoms with Crippen LogP contribution in [0.3, 0.4) is 0 Å². The van der Waals surface area contributed by atoms with Gasteiger partial charge in [-0.25, -0.2) is 0 Å². The Bertz CT molecular complexity index is 1160. The first kappa shape index (κ1) is 30.2. The van der Waals surface area contributed by atoms with Crippen molar-refractivity contribution >= 4 is 0 Å². The van der Waals surface area contributed by atoms with E-state index in [0.717, 1.165) is 0 Å². The molecule has 2 aromatic carbocycles.